The Hall–Kier alpha value is -3.17. The molecule has 0 amide bonds. The van der Waals surface area contributed by atoms with Crippen LogP contribution in [-0.4, -0.2) is 24.9 Å². The molecule has 0 saturated heterocycles. The van der Waals surface area contributed by atoms with E-state index >= 15 is 0 Å². The number of rotatable bonds is 4. The van der Waals surface area contributed by atoms with E-state index in [-0.39, 0.29) is 29.7 Å². The van der Waals surface area contributed by atoms with E-state index in [4.69, 9.17) is 21.9 Å². The van der Waals surface area contributed by atoms with Gasteiger partial charge in [-0.25, -0.2) is 0 Å². The quantitative estimate of drug-likeness (QED) is 0.561. The van der Waals surface area contributed by atoms with Crippen molar-refractivity contribution >= 4 is 29.6 Å². The Balaban J connectivity index is 2.28. The summed E-state index contributed by atoms with van der Waals surface area (Å²) in [5.41, 5.74) is 16.5. The fraction of sp³-hybridized carbons (Fsp3) is 0.100. The summed E-state index contributed by atoms with van der Waals surface area (Å²) in [6.07, 6.45) is 0. The van der Waals surface area contributed by atoms with Crippen LogP contribution in [-0.2, 0) is 0 Å². The van der Waals surface area contributed by atoms with E-state index in [0.29, 0.717) is 11.6 Å². The fourth-order valence-corrected chi connectivity index (χ4v) is 1.32. The predicted octanol–water partition coefficient (Wildman–Crippen LogP) is 0.0642. The number of nitrogen functional groups attached to an aromatic ring is 3. The summed E-state index contributed by atoms with van der Waals surface area (Å²) in [7, 11) is 0. The molecule has 0 aliphatic heterocycles. The Morgan fingerprint density at radius 2 is 1.65 bits per heavy atom. The molecule has 0 unspecified atom stereocenters. The van der Waals surface area contributed by atoms with Gasteiger partial charge < -0.3 is 27.3 Å². The van der Waals surface area contributed by atoms with Gasteiger partial charge in [-0.3, -0.25) is 0 Å². The van der Waals surface area contributed by atoms with E-state index in [1.165, 1.54) is 6.07 Å². The highest BCUT2D eigenvalue weighted by Crippen LogP contribution is 2.19. The lowest BCUT2D eigenvalue weighted by Crippen LogP contribution is -2.08. The SMILES string of the molecule is C=C(C)Oc1cc(Nc2nc(N)nc(N)n2)nc(N)n1. The first kappa shape index (κ1) is 13.3. The minimum atomic E-state index is -0.0135. The van der Waals surface area contributed by atoms with Gasteiger partial charge in [0.25, 0.3) is 0 Å². The molecule has 0 spiro atoms. The molecule has 2 aromatic heterocycles. The van der Waals surface area contributed by atoms with E-state index in [2.05, 4.69) is 36.8 Å². The van der Waals surface area contributed by atoms with Crippen molar-refractivity contribution in [3.05, 3.63) is 18.4 Å². The highest BCUT2D eigenvalue weighted by Gasteiger charge is 2.07. The largest absolute Gasteiger partial charge is 0.444 e. The molecule has 10 heteroatoms. The van der Waals surface area contributed by atoms with Crippen molar-refractivity contribution in [2.45, 2.75) is 6.92 Å². The molecular formula is C10H13N9O. The van der Waals surface area contributed by atoms with Gasteiger partial charge in [-0.15, -0.1) is 0 Å². The van der Waals surface area contributed by atoms with Gasteiger partial charge in [0.1, 0.15) is 5.82 Å². The van der Waals surface area contributed by atoms with Crippen molar-refractivity contribution in [2.24, 2.45) is 0 Å². The smallest absolute Gasteiger partial charge is 0.234 e. The first-order valence-corrected chi connectivity index (χ1v) is 5.44. The summed E-state index contributed by atoms with van der Waals surface area (Å²) in [5.74, 6) is 1.14. The maximum absolute atomic E-state index is 5.57. The number of nitrogens with zero attached hydrogens (tertiary/aromatic N) is 5. The van der Waals surface area contributed by atoms with Crippen LogP contribution in [0.25, 0.3) is 0 Å². The highest BCUT2D eigenvalue weighted by atomic mass is 16.5. The molecule has 2 rings (SSSR count). The van der Waals surface area contributed by atoms with Crippen molar-refractivity contribution in [3.63, 3.8) is 0 Å². The lowest BCUT2D eigenvalue weighted by molar-refractivity contribution is 0.413. The van der Waals surface area contributed by atoms with Crippen LogP contribution < -0.4 is 27.3 Å². The molecule has 0 aromatic carbocycles. The third-order valence-corrected chi connectivity index (χ3v) is 1.91. The van der Waals surface area contributed by atoms with E-state index in [1.54, 1.807) is 6.92 Å². The lowest BCUT2D eigenvalue weighted by atomic mass is 10.5. The van der Waals surface area contributed by atoms with Crippen LogP contribution in [0, 0.1) is 0 Å². The van der Waals surface area contributed by atoms with E-state index in [9.17, 15) is 0 Å². The number of anilines is 5. The molecule has 2 aromatic rings. The van der Waals surface area contributed by atoms with Crippen LogP contribution in [0.1, 0.15) is 6.92 Å². The molecule has 0 aliphatic carbocycles. The van der Waals surface area contributed by atoms with Crippen LogP contribution in [0.2, 0.25) is 0 Å². The number of ether oxygens (including phenoxy) is 1. The monoisotopic (exact) mass is 275 g/mol. The van der Waals surface area contributed by atoms with Crippen molar-refractivity contribution in [1.82, 2.24) is 24.9 Å². The summed E-state index contributed by atoms with van der Waals surface area (Å²) >= 11 is 0. The fourth-order valence-electron chi connectivity index (χ4n) is 1.32. The highest BCUT2D eigenvalue weighted by molar-refractivity contribution is 5.53. The number of nitrogens with one attached hydrogen (secondary N) is 1. The summed E-state index contributed by atoms with van der Waals surface area (Å²) in [5, 5.41) is 2.78. The molecule has 2 heterocycles. The number of nitrogens with two attached hydrogens (primary N) is 3. The molecular weight excluding hydrogens is 262 g/mol. The average molecular weight is 275 g/mol. The number of hydrogen-bond donors (Lipinski definition) is 4. The Morgan fingerprint density at radius 3 is 2.25 bits per heavy atom. The minimum Gasteiger partial charge on any atom is -0.444 e. The normalized spacial score (nSPS) is 10.1. The maximum atomic E-state index is 5.57. The van der Waals surface area contributed by atoms with E-state index in [1.807, 2.05) is 0 Å². The number of aromatic nitrogens is 5. The Morgan fingerprint density at radius 1 is 1.05 bits per heavy atom. The van der Waals surface area contributed by atoms with Gasteiger partial charge in [-0.1, -0.05) is 6.58 Å². The number of hydrogen-bond acceptors (Lipinski definition) is 10. The Kier molecular flexibility index (Phi) is 3.46. The topological polar surface area (TPSA) is 164 Å². The Bertz CT molecular complexity index is 637. The zero-order valence-electron chi connectivity index (χ0n) is 10.7. The summed E-state index contributed by atoms with van der Waals surface area (Å²) in [6.45, 7) is 5.29. The molecule has 104 valence electrons. The van der Waals surface area contributed by atoms with Crippen LogP contribution in [0.4, 0.5) is 29.6 Å². The first-order valence-electron chi connectivity index (χ1n) is 5.44. The van der Waals surface area contributed by atoms with Crippen LogP contribution in [0.15, 0.2) is 18.4 Å². The first-order chi connectivity index (χ1) is 9.42. The van der Waals surface area contributed by atoms with Crippen LogP contribution in [0.3, 0.4) is 0 Å². The number of allylic oxidation sites excluding steroid dienone is 1. The average Bonchev–Trinajstić information content (AvgIpc) is 2.24. The second kappa shape index (κ2) is 5.22. The molecule has 7 N–H and O–H groups in total. The molecule has 10 nitrogen and oxygen atoms in total. The third-order valence-electron chi connectivity index (χ3n) is 1.91. The van der Waals surface area contributed by atoms with Gasteiger partial charge in [0, 0.05) is 6.07 Å². The van der Waals surface area contributed by atoms with Crippen molar-refractivity contribution < 1.29 is 4.74 Å². The second-order valence-corrected chi connectivity index (χ2v) is 3.75. The van der Waals surface area contributed by atoms with Crippen molar-refractivity contribution in [2.75, 3.05) is 22.5 Å². The standard InChI is InChI=1S/C10H13N9O/c1-4(2)20-6-3-5(14-7(11)16-6)15-10-18-8(12)17-9(13)19-10/h3H,1H2,2H3,(H7,11,12,13,14,15,16,17,18,19). The summed E-state index contributed by atoms with van der Waals surface area (Å²) in [4.78, 5) is 19.2. The minimum absolute atomic E-state index is 0.0135. The van der Waals surface area contributed by atoms with Gasteiger partial charge in [-0.2, -0.15) is 24.9 Å². The molecule has 0 bridgehead atoms. The molecule has 0 saturated carbocycles. The van der Waals surface area contributed by atoms with Gasteiger partial charge in [0.15, 0.2) is 0 Å². The van der Waals surface area contributed by atoms with Crippen molar-refractivity contribution in [3.8, 4) is 5.88 Å². The molecule has 0 fully saturated rings. The van der Waals surface area contributed by atoms with Gasteiger partial charge >= 0.3 is 0 Å². The zero-order chi connectivity index (χ0) is 14.7. The van der Waals surface area contributed by atoms with E-state index < -0.39 is 0 Å². The van der Waals surface area contributed by atoms with Gasteiger partial charge in [0.05, 0.1) is 5.76 Å². The molecule has 0 radical (unpaired) electrons. The van der Waals surface area contributed by atoms with Gasteiger partial charge in [0.2, 0.25) is 29.7 Å². The Labute approximate surface area is 114 Å². The van der Waals surface area contributed by atoms with Crippen LogP contribution >= 0.6 is 0 Å². The molecule has 0 aliphatic rings. The van der Waals surface area contributed by atoms with Gasteiger partial charge in [-0.05, 0) is 6.92 Å². The predicted molar refractivity (Wildman–Crippen MR) is 73.8 cm³/mol. The zero-order valence-corrected chi connectivity index (χ0v) is 10.7. The summed E-state index contributed by atoms with van der Waals surface area (Å²) < 4.78 is 5.25. The van der Waals surface area contributed by atoms with Crippen LogP contribution in [0.5, 0.6) is 5.88 Å². The van der Waals surface area contributed by atoms with E-state index in [0.717, 1.165) is 0 Å². The second-order valence-electron chi connectivity index (χ2n) is 3.75. The molecule has 0 atom stereocenters. The third kappa shape index (κ3) is 3.41. The lowest BCUT2D eigenvalue weighted by Gasteiger charge is -2.08. The summed E-state index contributed by atoms with van der Waals surface area (Å²) in [6, 6.07) is 1.50. The maximum Gasteiger partial charge on any atom is 0.234 e. The van der Waals surface area contributed by atoms with Crippen molar-refractivity contribution in [1.29, 1.82) is 0 Å². The molecule has 20 heavy (non-hydrogen) atoms.